The van der Waals surface area contributed by atoms with Gasteiger partial charge in [0, 0.05) is 11.4 Å². The zero-order valence-electron chi connectivity index (χ0n) is 16.2. The lowest BCUT2D eigenvalue weighted by atomic mass is 9.89. The smallest absolute Gasteiger partial charge is 0.240 e. The molecular formula is C23H30N2OS. The Kier molecular flexibility index (Phi) is 5.94. The Labute approximate surface area is 167 Å². The molecule has 144 valence electrons. The first-order chi connectivity index (χ1) is 13.2. The first-order valence-corrected chi connectivity index (χ1v) is 11.2. The van der Waals surface area contributed by atoms with Crippen LogP contribution in [0.15, 0.2) is 47.8 Å². The lowest BCUT2D eigenvalue weighted by Gasteiger charge is -2.37. The van der Waals surface area contributed by atoms with Gasteiger partial charge in [0.2, 0.25) is 5.91 Å². The van der Waals surface area contributed by atoms with Crippen molar-refractivity contribution in [1.29, 1.82) is 0 Å². The molecule has 4 heteroatoms. The number of carbonyl (C=O) groups is 1. The molecule has 3 heterocycles. The molecule has 0 aliphatic carbocycles. The largest absolute Gasteiger partial charge is 0.333 e. The molecule has 0 bridgehead atoms. The molecule has 0 saturated carbocycles. The lowest BCUT2D eigenvalue weighted by molar-refractivity contribution is -0.138. The van der Waals surface area contributed by atoms with E-state index in [1.807, 2.05) is 0 Å². The van der Waals surface area contributed by atoms with Crippen molar-refractivity contribution in [2.45, 2.75) is 51.1 Å². The molecule has 3 nitrogen and oxygen atoms in total. The topological polar surface area (TPSA) is 23.6 Å². The number of hydrogen-bond acceptors (Lipinski definition) is 3. The van der Waals surface area contributed by atoms with E-state index in [-0.39, 0.29) is 6.04 Å². The summed E-state index contributed by atoms with van der Waals surface area (Å²) >= 11 is 1.78. The molecule has 0 radical (unpaired) electrons. The number of piperidine rings is 1. The first kappa shape index (κ1) is 18.7. The highest BCUT2D eigenvalue weighted by atomic mass is 32.1. The van der Waals surface area contributed by atoms with Gasteiger partial charge >= 0.3 is 0 Å². The van der Waals surface area contributed by atoms with Crippen LogP contribution >= 0.6 is 11.3 Å². The van der Waals surface area contributed by atoms with Gasteiger partial charge < -0.3 is 4.90 Å². The van der Waals surface area contributed by atoms with Crippen LogP contribution in [0.3, 0.4) is 0 Å². The fraction of sp³-hybridized carbons (Fsp3) is 0.522. The molecule has 2 aromatic rings. The molecular weight excluding hydrogens is 352 g/mol. The second kappa shape index (κ2) is 8.57. The Bertz CT molecular complexity index is 722. The average Bonchev–Trinajstić information content (AvgIpc) is 3.40. The van der Waals surface area contributed by atoms with Crippen LogP contribution in [0.1, 0.15) is 49.1 Å². The third kappa shape index (κ3) is 4.27. The second-order valence-corrected chi connectivity index (χ2v) is 9.03. The third-order valence-corrected chi connectivity index (χ3v) is 7.30. The number of rotatable bonds is 5. The van der Waals surface area contributed by atoms with Gasteiger partial charge in [-0.2, -0.15) is 0 Å². The molecule has 0 N–H and O–H groups in total. The van der Waals surface area contributed by atoms with Gasteiger partial charge in [-0.25, -0.2) is 0 Å². The summed E-state index contributed by atoms with van der Waals surface area (Å²) in [7, 11) is 0. The molecule has 27 heavy (non-hydrogen) atoms. The normalized spacial score (nSPS) is 22.9. The summed E-state index contributed by atoms with van der Waals surface area (Å²) in [4.78, 5) is 19.1. The van der Waals surface area contributed by atoms with E-state index in [0.29, 0.717) is 11.9 Å². The summed E-state index contributed by atoms with van der Waals surface area (Å²) in [6.45, 7) is 5.11. The van der Waals surface area contributed by atoms with Crippen molar-refractivity contribution in [3.8, 4) is 0 Å². The number of thiophene rings is 1. The zero-order valence-corrected chi connectivity index (χ0v) is 17.0. The number of amides is 1. The molecule has 2 saturated heterocycles. The van der Waals surface area contributed by atoms with Crippen LogP contribution in [0.25, 0.3) is 0 Å². The number of hydrogen-bond donors (Lipinski definition) is 0. The third-order valence-electron chi connectivity index (χ3n) is 6.33. The number of carbonyl (C=O) groups excluding carboxylic acids is 1. The Morgan fingerprint density at radius 2 is 1.85 bits per heavy atom. The fourth-order valence-electron chi connectivity index (χ4n) is 4.70. The molecule has 1 aromatic heterocycles. The highest BCUT2D eigenvalue weighted by Crippen LogP contribution is 2.35. The summed E-state index contributed by atoms with van der Waals surface area (Å²) in [6.07, 6.45) is 5.80. The van der Waals surface area contributed by atoms with Crippen LogP contribution in [0.5, 0.6) is 0 Å². The Morgan fingerprint density at radius 1 is 1.07 bits per heavy atom. The maximum atomic E-state index is 13.2. The first-order valence-electron chi connectivity index (χ1n) is 10.3. The predicted molar refractivity (Wildman–Crippen MR) is 112 cm³/mol. The van der Waals surface area contributed by atoms with Crippen LogP contribution in [0.4, 0.5) is 0 Å². The van der Waals surface area contributed by atoms with Gasteiger partial charge in [0.05, 0.1) is 12.1 Å². The number of likely N-dealkylation sites (tertiary alicyclic amines) is 2. The van der Waals surface area contributed by atoms with Crippen molar-refractivity contribution in [3.63, 3.8) is 0 Å². The van der Waals surface area contributed by atoms with Gasteiger partial charge in [-0.15, -0.1) is 11.3 Å². The van der Waals surface area contributed by atoms with Gasteiger partial charge in [-0.05, 0) is 75.0 Å². The van der Waals surface area contributed by atoms with Crippen LogP contribution in [-0.2, 0) is 11.2 Å². The van der Waals surface area contributed by atoms with Crippen LogP contribution in [0.2, 0.25) is 0 Å². The highest BCUT2D eigenvalue weighted by molar-refractivity contribution is 7.10. The lowest BCUT2D eigenvalue weighted by Crippen LogP contribution is -2.49. The molecule has 2 unspecified atom stereocenters. The number of nitrogens with zero attached hydrogens (tertiary/aromatic N) is 2. The molecule has 1 aromatic carbocycles. The molecule has 1 amide bonds. The average molecular weight is 383 g/mol. The van der Waals surface area contributed by atoms with Crippen molar-refractivity contribution in [2.24, 2.45) is 5.92 Å². The van der Waals surface area contributed by atoms with E-state index in [1.54, 1.807) is 11.3 Å². The number of benzene rings is 1. The molecule has 2 aliphatic rings. The van der Waals surface area contributed by atoms with E-state index >= 15 is 0 Å². The van der Waals surface area contributed by atoms with E-state index in [0.717, 1.165) is 38.4 Å². The highest BCUT2D eigenvalue weighted by Gasteiger charge is 2.35. The van der Waals surface area contributed by atoms with E-state index < -0.39 is 0 Å². The van der Waals surface area contributed by atoms with Gasteiger partial charge in [0.25, 0.3) is 0 Å². The van der Waals surface area contributed by atoms with E-state index in [2.05, 4.69) is 64.6 Å². The van der Waals surface area contributed by atoms with Gasteiger partial charge in [0.15, 0.2) is 0 Å². The van der Waals surface area contributed by atoms with Crippen molar-refractivity contribution >= 4 is 17.2 Å². The van der Waals surface area contributed by atoms with Gasteiger partial charge in [0.1, 0.15) is 0 Å². The Balaban J connectivity index is 1.32. The Morgan fingerprint density at radius 3 is 2.56 bits per heavy atom. The fourth-order valence-corrected chi connectivity index (χ4v) is 5.57. The van der Waals surface area contributed by atoms with Gasteiger partial charge in [-0.3, -0.25) is 9.69 Å². The van der Waals surface area contributed by atoms with E-state index in [9.17, 15) is 4.79 Å². The van der Waals surface area contributed by atoms with E-state index in [1.165, 1.54) is 29.7 Å². The van der Waals surface area contributed by atoms with E-state index in [4.69, 9.17) is 0 Å². The van der Waals surface area contributed by atoms with Crippen molar-refractivity contribution < 1.29 is 4.79 Å². The van der Waals surface area contributed by atoms with Crippen LogP contribution in [0, 0.1) is 5.92 Å². The molecule has 2 atom stereocenters. The summed E-state index contributed by atoms with van der Waals surface area (Å²) in [5.74, 6) is 1.07. The van der Waals surface area contributed by atoms with Gasteiger partial charge in [-0.1, -0.05) is 36.4 Å². The maximum absolute atomic E-state index is 13.2. The molecule has 2 aliphatic heterocycles. The minimum Gasteiger partial charge on any atom is -0.333 e. The maximum Gasteiger partial charge on any atom is 0.240 e. The minimum absolute atomic E-state index is 0.00300. The minimum atomic E-state index is 0.00300. The second-order valence-electron chi connectivity index (χ2n) is 8.05. The SMILES string of the molecule is CC(C(=O)N1CCCC1c1cccs1)N1CCC(Cc2ccccc2)CC1. The summed E-state index contributed by atoms with van der Waals surface area (Å²) in [6, 6.07) is 15.4. The van der Waals surface area contributed by atoms with Crippen molar-refractivity contribution in [2.75, 3.05) is 19.6 Å². The van der Waals surface area contributed by atoms with Crippen LogP contribution < -0.4 is 0 Å². The van der Waals surface area contributed by atoms with Crippen molar-refractivity contribution in [3.05, 3.63) is 58.3 Å². The molecule has 0 spiro atoms. The molecule has 2 fully saturated rings. The predicted octanol–water partition coefficient (Wildman–Crippen LogP) is 4.75. The zero-order chi connectivity index (χ0) is 18.6. The summed E-state index contributed by atoms with van der Waals surface area (Å²) in [5.41, 5.74) is 1.44. The van der Waals surface area contributed by atoms with Crippen LogP contribution in [-0.4, -0.2) is 41.4 Å². The Hall–Kier alpha value is -1.65. The monoisotopic (exact) mass is 382 g/mol. The quantitative estimate of drug-likeness (QED) is 0.745. The van der Waals surface area contributed by atoms with Crippen molar-refractivity contribution in [1.82, 2.24) is 9.80 Å². The molecule has 4 rings (SSSR count). The summed E-state index contributed by atoms with van der Waals surface area (Å²) < 4.78 is 0. The standard InChI is InChI=1S/C23H30N2OS/c1-18(23(26)25-13-5-9-21(25)22-10-6-16-27-22)24-14-11-20(12-15-24)17-19-7-3-2-4-8-19/h2-4,6-8,10,16,18,20-21H,5,9,11-15,17H2,1H3. The summed E-state index contributed by atoms with van der Waals surface area (Å²) in [5, 5.41) is 2.12.